The van der Waals surface area contributed by atoms with Crippen molar-refractivity contribution in [2.24, 2.45) is 0 Å². The lowest BCUT2D eigenvalue weighted by molar-refractivity contribution is -0.135. The molecular weight excluding hydrogens is 560 g/mol. The Morgan fingerprint density at radius 2 is 1.40 bits per heavy atom. The van der Waals surface area contributed by atoms with Crippen LogP contribution < -0.4 is 35.7 Å². The molecule has 0 saturated heterocycles. The fraction of sp³-hybridized carbons (Fsp3) is 0.226. The maximum absolute atomic E-state index is 14.2. The molecule has 0 heterocycles. The van der Waals surface area contributed by atoms with Crippen LogP contribution >= 0.6 is 0 Å². The van der Waals surface area contributed by atoms with Crippen LogP contribution in [0.15, 0.2) is 27.3 Å². The normalized spacial score (nSPS) is 12.6. The van der Waals surface area contributed by atoms with Gasteiger partial charge in [-0.25, -0.2) is 0 Å². The smallest absolute Gasteiger partial charge is 0.322 e. The fourth-order valence-electron chi connectivity index (χ4n) is 6.40. The van der Waals surface area contributed by atoms with Crippen molar-refractivity contribution in [3.8, 4) is 23.0 Å². The van der Waals surface area contributed by atoms with E-state index in [2.05, 4.69) is 10.6 Å². The molecule has 0 aliphatic heterocycles. The van der Waals surface area contributed by atoms with E-state index in [9.17, 15) is 34.5 Å². The van der Waals surface area contributed by atoms with Crippen molar-refractivity contribution < 1.29 is 39.1 Å². The highest BCUT2D eigenvalue weighted by molar-refractivity contribution is 6.40. The number of carboxylic acid groups (broad SMARTS) is 2. The molecule has 6 rings (SSSR count). The van der Waals surface area contributed by atoms with Crippen molar-refractivity contribution >= 4 is 72.5 Å². The quantitative estimate of drug-likeness (QED) is 0.0964. The summed E-state index contributed by atoms with van der Waals surface area (Å²) < 4.78 is 17.2. The molecule has 5 N–H and O–H groups in total. The van der Waals surface area contributed by atoms with E-state index >= 15 is 0 Å². The van der Waals surface area contributed by atoms with E-state index in [1.807, 2.05) is 6.92 Å². The van der Waals surface area contributed by atoms with Gasteiger partial charge in [-0.15, -0.1) is 0 Å². The lowest BCUT2D eigenvalue weighted by Gasteiger charge is -2.24. The van der Waals surface area contributed by atoms with Crippen molar-refractivity contribution in [1.29, 1.82) is 0 Å². The first-order valence-electron chi connectivity index (χ1n) is 13.2. The summed E-state index contributed by atoms with van der Waals surface area (Å²) in [6.07, 6.45) is 2.02. The van der Waals surface area contributed by atoms with Gasteiger partial charge in [-0.05, 0) is 18.7 Å². The van der Waals surface area contributed by atoms with Crippen LogP contribution in [0.2, 0.25) is 0 Å². The second kappa shape index (κ2) is 9.79. The van der Waals surface area contributed by atoms with E-state index in [4.69, 9.17) is 14.2 Å². The maximum Gasteiger partial charge on any atom is 0.322 e. The van der Waals surface area contributed by atoms with Crippen LogP contribution in [0.3, 0.4) is 0 Å². The molecule has 12 heteroatoms. The first-order valence-corrected chi connectivity index (χ1v) is 13.2. The number of phenolic OH excluding ortho intramolecular Hbond substituents is 1. The number of anilines is 2. The summed E-state index contributed by atoms with van der Waals surface area (Å²) in [5.41, 5.74) is 0.880. The summed E-state index contributed by atoms with van der Waals surface area (Å²) in [4.78, 5) is 50.9. The van der Waals surface area contributed by atoms with Gasteiger partial charge < -0.3 is 40.2 Å². The Kier molecular flexibility index (Phi) is 6.29. The van der Waals surface area contributed by atoms with E-state index in [1.54, 1.807) is 6.08 Å². The second-order valence-corrected chi connectivity index (χ2v) is 10.3. The third kappa shape index (κ3) is 3.83. The molecule has 43 heavy (non-hydrogen) atoms. The number of fused-ring (bicyclic) bond motifs is 1. The van der Waals surface area contributed by atoms with Gasteiger partial charge in [-0.3, -0.25) is 19.2 Å². The van der Waals surface area contributed by atoms with Crippen molar-refractivity contribution in [1.82, 2.24) is 0 Å². The molecule has 0 bridgehead atoms. The number of carbonyl (C=O) groups is 2. The monoisotopic (exact) mass is 586 g/mol. The van der Waals surface area contributed by atoms with E-state index in [-0.39, 0.29) is 45.8 Å². The van der Waals surface area contributed by atoms with Gasteiger partial charge in [0.15, 0.2) is 16.9 Å². The first-order chi connectivity index (χ1) is 20.5. The van der Waals surface area contributed by atoms with Gasteiger partial charge in [0, 0.05) is 50.2 Å². The van der Waals surface area contributed by atoms with Crippen LogP contribution in [-0.2, 0) is 16.0 Å². The van der Waals surface area contributed by atoms with Gasteiger partial charge in [-0.2, -0.15) is 0 Å². The minimum absolute atomic E-state index is 0.0348. The molecule has 12 nitrogen and oxygen atoms in total. The van der Waals surface area contributed by atoms with Crippen LogP contribution in [0.1, 0.15) is 18.1 Å². The predicted octanol–water partition coefficient (Wildman–Crippen LogP) is 3.58. The SMILES string of the molecule is COc1c2c3c4c(c(NCC(=O)O)c(O)c5c(=O)cc(OC)c(c6c(OC)cc(NCC(=O)O)c(c1=O)c63)c54)C=C(C)C2. The Hall–Kier alpha value is -5.52. The average Bonchev–Trinajstić information content (AvgIpc) is 3.11. The molecule has 0 fully saturated rings. The van der Waals surface area contributed by atoms with Crippen LogP contribution in [0.25, 0.3) is 49.2 Å². The van der Waals surface area contributed by atoms with Crippen LogP contribution in [0.4, 0.5) is 11.4 Å². The molecule has 5 aromatic rings. The van der Waals surface area contributed by atoms with E-state index in [0.29, 0.717) is 43.4 Å². The molecule has 0 atom stereocenters. The summed E-state index contributed by atoms with van der Waals surface area (Å²) in [7, 11) is 4.18. The third-order valence-electron chi connectivity index (χ3n) is 7.90. The number of hydrogen-bond acceptors (Lipinski definition) is 10. The standard InChI is InChI=1S/C31H26N2O10/c1-11-5-12-20-21-13(6-11)31(43-4)30(40)22-14(32-9-18(35)36)7-16(41-2)24(26(21)22)25-17(42-3)8-15(34)23(27(20)25)29(39)28(12)33-10-19(37)38/h5,7-8,32-33,39H,6,9-10H2,1-4H3,(H,35,36)(H,37,38). The first kappa shape index (κ1) is 27.6. The number of nitrogens with one attached hydrogen (secondary N) is 2. The molecule has 0 radical (unpaired) electrons. The summed E-state index contributed by atoms with van der Waals surface area (Å²) in [5.74, 6) is -2.30. The number of allylic oxidation sites excluding steroid dienone is 1. The number of carboxylic acids is 2. The largest absolute Gasteiger partial charge is 0.505 e. The Bertz CT molecular complexity index is 2190. The second-order valence-electron chi connectivity index (χ2n) is 10.3. The molecule has 0 unspecified atom stereocenters. The van der Waals surface area contributed by atoms with Gasteiger partial charge in [0.1, 0.15) is 24.6 Å². The number of methoxy groups -OCH3 is 3. The van der Waals surface area contributed by atoms with Gasteiger partial charge >= 0.3 is 11.9 Å². The number of phenols is 1. The van der Waals surface area contributed by atoms with Crippen LogP contribution in [0.5, 0.6) is 23.0 Å². The van der Waals surface area contributed by atoms with E-state index < -0.39 is 41.6 Å². The zero-order valence-corrected chi connectivity index (χ0v) is 23.6. The number of aliphatic carboxylic acids is 2. The molecule has 220 valence electrons. The van der Waals surface area contributed by atoms with Crippen LogP contribution in [-0.4, -0.2) is 61.7 Å². The number of benzene rings is 5. The Balaban J connectivity index is 2.04. The average molecular weight is 587 g/mol. The molecule has 5 aromatic carbocycles. The minimum atomic E-state index is -1.18. The Labute approximate surface area is 242 Å². The maximum atomic E-state index is 14.2. The summed E-state index contributed by atoms with van der Waals surface area (Å²) in [6, 6.07) is 2.73. The highest BCUT2D eigenvalue weighted by Gasteiger charge is 2.33. The van der Waals surface area contributed by atoms with Crippen LogP contribution in [0, 0.1) is 0 Å². The third-order valence-corrected chi connectivity index (χ3v) is 7.90. The van der Waals surface area contributed by atoms with Crippen molar-refractivity contribution in [3.05, 3.63) is 49.3 Å². The predicted molar refractivity (Wildman–Crippen MR) is 162 cm³/mol. The fourth-order valence-corrected chi connectivity index (χ4v) is 6.40. The number of aromatic hydroxyl groups is 1. The molecular formula is C31H26N2O10. The number of rotatable bonds is 9. The summed E-state index contributed by atoms with van der Waals surface area (Å²) >= 11 is 0. The zero-order valence-electron chi connectivity index (χ0n) is 23.6. The van der Waals surface area contributed by atoms with Gasteiger partial charge in [0.2, 0.25) is 5.43 Å². The van der Waals surface area contributed by atoms with E-state index in [0.717, 1.165) is 5.57 Å². The Morgan fingerprint density at radius 3 is 2.00 bits per heavy atom. The Morgan fingerprint density at radius 1 is 0.791 bits per heavy atom. The van der Waals surface area contributed by atoms with Gasteiger partial charge in [0.05, 0.1) is 43.5 Å². The van der Waals surface area contributed by atoms with Gasteiger partial charge in [0.25, 0.3) is 0 Å². The van der Waals surface area contributed by atoms with Crippen molar-refractivity contribution in [2.75, 3.05) is 45.1 Å². The minimum Gasteiger partial charge on any atom is -0.505 e. The molecule has 1 aliphatic carbocycles. The van der Waals surface area contributed by atoms with E-state index in [1.165, 1.54) is 33.5 Å². The molecule has 0 amide bonds. The topological polar surface area (TPSA) is 181 Å². The lowest BCUT2D eigenvalue weighted by Crippen LogP contribution is -2.17. The van der Waals surface area contributed by atoms with Gasteiger partial charge in [-0.1, -0.05) is 11.6 Å². The highest BCUT2D eigenvalue weighted by Crippen LogP contribution is 2.55. The number of ether oxygens (including phenoxy) is 3. The number of hydrogen-bond donors (Lipinski definition) is 5. The highest BCUT2D eigenvalue weighted by atomic mass is 16.5. The zero-order chi connectivity index (χ0) is 30.9. The van der Waals surface area contributed by atoms with Crippen molar-refractivity contribution in [3.63, 3.8) is 0 Å². The summed E-state index contributed by atoms with van der Waals surface area (Å²) in [6.45, 7) is 0.786. The van der Waals surface area contributed by atoms with Crippen molar-refractivity contribution in [2.45, 2.75) is 13.3 Å². The molecule has 1 aliphatic rings. The summed E-state index contributed by atoms with van der Waals surface area (Å²) in [5, 5.41) is 38.6. The molecule has 0 saturated carbocycles. The molecule has 0 spiro atoms. The molecule has 0 aromatic heterocycles. The lowest BCUT2D eigenvalue weighted by atomic mass is 9.83.